The molecule has 4 nitrogen and oxygen atoms in total. The summed E-state index contributed by atoms with van der Waals surface area (Å²) in [6, 6.07) is 5.96. The second kappa shape index (κ2) is 5.04. The molecule has 1 aromatic rings. The number of para-hydroxylation sites is 1. The summed E-state index contributed by atoms with van der Waals surface area (Å²) in [5, 5.41) is 2.97. The zero-order chi connectivity index (χ0) is 13.3. The van der Waals surface area contributed by atoms with E-state index in [0.717, 1.165) is 43.7 Å². The molecule has 2 heterocycles. The van der Waals surface area contributed by atoms with Gasteiger partial charge in [0.1, 0.15) is 12.4 Å². The van der Waals surface area contributed by atoms with Gasteiger partial charge in [-0.25, -0.2) is 8.42 Å². The molecule has 0 bridgehead atoms. The first-order chi connectivity index (χ1) is 9.17. The van der Waals surface area contributed by atoms with E-state index in [1.165, 1.54) is 5.56 Å². The Morgan fingerprint density at radius 1 is 1.32 bits per heavy atom. The number of anilines is 1. The minimum atomic E-state index is -2.95. The fraction of sp³-hybridized carbons (Fsp3) is 0.571. The van der Waals surface area contributed by atoms with Crippen LogP contribution in [-0.2, 0) is 16.3 Å². The van der Waals surface area contributed by atoms with Crippen molar-refractivity contribution in [2.45, 2.75) is 30.9 Å². The van der Waals surface area contributed by atoms with E-state index in [1.807, 2.05) is 12.1 Å². The molecule has 1 saturated heterocycles. The largest absolute Gasteiger partial charge is 0.490 e. The van der Waals surface area contributed by atoms with Crippen molar-refractivity contribution in [2.24, 2.45) is 0 Å². The maximum atomic E-state index is 11.9. The molecule has 1 unspecified atom stereocenters. The summed E-state index contributed by atoms with van der Waals surface area (Å²) in [5.74, 6) is 1.10. The smallest absolute Gasteiger partial charge is 0.156 e. The maximum absolute atomic E-state index is 11.9. The van der Waals surface area contributed by atoms with E-state index in [0.29, 0.717) is 5.75 Å². The first kappa shape index (κ1) is 12.8. The lowest BCUT2D eigenvalue weighted by Crippen LogP contribution is -2.33. The molecule has 0 aliphatic carbocycles. The van der Waals surface area contributed by atoms with Gasteiger partial charge in [-0.2, -0.15) is 0 Å². The van der Waals surface area contributed by atoms with Crippen LogP contribution in [0.25, 0.3) is 0 Å². The molecule has 2 aliphatic rings. The Labute approximate surface area is 114 Å². The number of benzene rings is 1. The molecular weight excluding hydrogens is 262 g/mol. The Kier molecular flexibility index (Phi) is 3.39. The van der Waals surface area contributed by atoms with Gasteiger partial charge in [0.05, 0.1) is 16.7 Å². The quantitative estimate of drug-likeness (QED) is 0.920. The topological polar surface area (TPSA) is 55.4 Å². The SMILES string of the molecule is O=S1(=O)CCCCC1COc1cccc2c1NCC2. The third-order valence-electron chi connectivity index (χ3n) is 3.95. The van der Waals surface area contributed by atoms with Crippen molar-refractivity contribution in [3.05, 3.63) is 23.8 Å². The molecule has 3 rings (SSSR count). The number of hydrogen-bond donors (Lipinski definition) is 1. The molecule has 1 atom stereocenters. The average molecular weight is 281 g/mol. The number of ether oxygens (including phenoxy) is 1. The van der Waals surface area contributed by atoms with E-state index in [-0.39, 0.29) is 11.9 Å². The van der Waals surface area contributed by atoms with Gasteiger partial charge >= 0.3 is 0 Å². The number of rotatable bonds is 3. The minimum Gasteiger partial charge on any atom is -0.490 e. The van der Waals surface area contributed by atoms with Crippen LogP contribution in [0.3, 0.4) is 0 Å². The molecule has 1 N–H and O–H groups in total. The van der Waals surface area contributed by atoms with Gasteiger partial charge in [-0.15, -0.1) is 0 Å². The zero-order valence-corrected chi connectivity index (χ0v) is 11.7. The van der Waals surface area contributed by atoms with Crippen LogP contribution in [0.15, 0.2) is 18.2 Å². The summed E-state index contributed by atoms with van der Waals surface area (Å²) in [7, 11) is -2.95. The Bertz CT molecular complexity index is 568. The summed E-state index contributed by atoms with van der Waals surface area (Å²) in [6.07, 6.45) is 3.51. The lowest BCUT2D eigenvalue weighted by Gasteiger charge is -2.22. The van der Waals surface area contributed by atoms with Gasteiger partial charge in [-0.1, -0.05) is 18.6 Å². The summed E-state index contributed by atoms with van der Waals surface area (Å²) in [5.41, 5.74) is 2.29. The van der Waals surface area contributed by atoms with Crippen LogP contribution in [0.5, 0.6) is 5.75 Å². The molecule has 0 spiro atoms. The monoisotopic (exact) mass is 281 g/mol. The van der Waals surface area contributed by atoms with Gasteiger partial charge in [-0.05, 0) is 30.9 Å². The van der Waals surface area contributed by atoms with Crippen molar-refractivity contribution < 1.29 is 13.2 Å². The molecule has 19 heavy (non-hydrogen) atoms. The lowest BCUT2D eigenvalue weighted by molar-refractivity contribution is 0.303. The zero-order valence-electron chi connectivity index (χ0n) is 10.9. The average Bonchev–Trinajstić information content (AvgIpc) is 2.86. The van der Waals surface area contributed by atoms with E-state index >= 15 is 0 Å². The third-order valence-corrected chi connectivity index (χ3v) is 6.19. The van der Waals surface area contributed by atoms with Crippen LogP contribution >= 0.6 is 0 Å². The molecule has 1 aromatic carbocycles. The van der Waals surface area contributed by atoms with Gasteiger partial charge in [-0.3, -0.25) is 0 Å². The van der Waals surface area contributed by atoms with Crippen LogP contribution in [0.4, 0.5) is 5.69 Å². The van der Waals surface area contributed by atoms with Gasteiger partial charge in [0, 0.05) is 6.54 Å². The third kappa shape index (κ3) is 2.56. The van der Waals surface area contributed by atoms with Crippen molar-refractivity contribution >= 4 is 15.5 Å². The standard InChI is InChI=1S/C14H19NO3S/c16-19(17)9-2-1-5-12(19)10-18-13-6-3-4-11-7-8-15-14(11)13/h3-4,6,12,15H,1-2,5,7-10H2. The second-order valence-corrected chi connectivity index (χ2v) is 7.66. The molecule has 0 amide bonds. The highest BCUT2D eigenvalue weighted by Gasteiger charge is 2.29. The van der Waals surface area contributed by atoms with Gasteiger partial charge in [0.2, 0.25) is 0 Å². The fourth-order valence-electron chi connectivity index (χ4n) is 2.82. The molecule has 0 saturated carbocycles. The predicted molar refractivity (Wildman–Crippen MR) is 75.6 cm³/mol. The Hall–Kier alpha value is -1.23. The number of fused-ring (bicyclic) bond motifs is 1. The van der Waals surface area contributed by atoms with Crippen molar-refractivity contribution in [3.8, 4) is 5.75 Å². The van der Waals surface area contributed by atoms with E-state index in [2.05, 4.69) is 11.4 Å². The highest BCUT2D eigenvalue weighted by atomic mass is 32.2. The van der Waals surface area contributed by atoms with Crippen LogP contribution in [-0.4, -0.2) is 32.6 Å². The number of hydrogen-bond acceptors (Lipinski definition) is 4. The minimum absolute atomic E-state index is 0.278. The first-order valence-electron chi connectivity index (χ1n) is 6.87. The van der Waals surface area contributed by atoms with Gasteiger partial charge < -0.3 is 10.1 Å². The summed E-state index contributed by atoms with van der Waals surface area (Å²) < 4.78 is 29.7. The van der Waals surface area contributed by atoms with Crippen LogP contribution in [0, 0.1) is 0 Å². The normalized spacial score (nSPS) is 24.5. The number of nitrogens with one attached hydrogen (secondary N) is 1. The fourth-order valence-corrected chi connectivity index (χ4v) is 4.56. The van der Waals surface area contributed by atoms with E-state index in [4.69, 9.17) is 4.74 Å². The van der Waals surface area contributed by atoms with Gasteiger partial charge in [0.25, 0.3) is 0 Å². The predicted octanol–water partition coefficient (Wildman–Crippen LogP) is 2.00. The van der Waals surface area contributed by atoms with Crippen molar-refractivity contribution in [2.75, 3.05) is 24.2 Å². The lowest BCUT2D eigenvalue weighted by atomic mass is 10.1. The van der Waals surface area contributed by atoms with Crippen LogP contribution < -0.4 is 10.1 Å². The summed E-state index contributed by atoms with van der Waals surface area (Å²) in [4.78, 5) is 0. The van der Waals surface area contributed by atoms with E-state index in [1.54, 1.807) is 0 Å². The first-order valence-corrected chi connectivity index (χ1v) is 8.58. The van der Waals surface area contributed by atoms with Crippen LogP contribution in [0.1, 0.15) is 24.8 Å². The van der Waals surface area contributed by atoms with Crippen LogP contribution in [0.2, 0.25) is 0 Å². The second-order valence-electron chi connectivity index (χ2n) is 5.26. The van der Waals surface area contributed by atoms with Gasteiger partial charge in [0.15, 0.2) is 9.84 Å². The highest BCUT2D eigenvalue weighted by Crippen LogP contribution is 2.33. The van der Waals surface area contributed by atoms with E-state index < -0.39 is 9.84 Å². The molecule has 0 aromatic heterocycles. The molecular formula is C14H19NO3S. The van der Waals surface area contributed by atoms with E-state index in [9.17, 15) is 8.42 Å². The molecule has 1 fully saturated rings. The molecule has 5 heteroatoms. The molecule has 2 aliphatic heterocycles. The van der Waals surface area contributed by atoms with Crippen molar-refractivity contribution in [1.29, 1.82) is 0 Å². The Morgan fingerprint density at radius 3 is 3.05 bits per heavy atom. The number of sulfone groups is 1. The maximum Gasteiger partial charge on any atom is 0.156 e. The molecule has 0 radical (unpaired) electrons. The van der Waals surface area contributed by atoms with Crippen molar-refractivity contribution in [3.63, 3.8) is 0 Å². The molecule has 104 valence electrons. The van der Waals surface area contributed by atoms with Crippen molar-refractivity contribution in [1.82, 2.24) is 0 Å². The summed E-state index contributed by atoms with van der Waals surface area (Å²) >= 11 is 0. The Morgan fingerprint density at radius 2 is 2.21 bits per heavy atom. The highest BCUT2D eigenvalue weighted by molar-refractivity contribution is 7.92. The summed E-state index contributed by atoms with van der Waals surface area (Å²) in [6.45, 7) is 1.21. The Balaban J connectivity index is 1.71.